The summed E-state index contributed by atoms with van der Waals surface area (Å²) in [6.45, 7) is 6.54. The van der Waals surface area contributed by atoms with Crippen molar-refractivity contribution < 1.29 is 4.79 Å². The predicted octanol–water partition coefficient (Wildman–Crippen LogP) is 0.975. The molecule has 3 aliphatic rings. The molecule has 1 amide bonds. The van der Waals surface area contributed by atoms with Crippen molar-refractivity contribution in [1.82, 2.24) is 15.5 Å². The van der Waals surface area contributed by atoms with Gasteiger partial charge in [-0.25, -0.2) is 0 Å². The van der Waals surface area contributed by atoms with Crippen LogP contribution in [0, 0.1) is 11.8 Å². The highest BCUT2D eigenvalue weighted by Crippen LogP contribution is 2.27. The molecule has 3 fully saturated rings. The number of carbonyl (C=O) groups is 1. The lowest BCUT2D eigenvalue weighted by molar-refractivity contribution is -0.126. The van der Waals surface area contributed by atoms with Crippen LogP contribution in [0.3, 0.4) is 0 Å². The molecule has 2 saturated heterocycles. The molecule has 108 valence electrons. The Morgan fingerprint density at radius 3 is 2.42 bits per heavy atom. The SMILES string of the molecule is CC(C(=O)NC1CCCCC1)N1CC2CNCC2C1. The zero-order valence-corrected chi connectivity index (χ0v) is 12.0. The van der Waals surface area contributed by atoms with Crippen molar-refractivity contribution in [3.05, 3.63) is 0 Å². The van der Waals surface area contributed by atoms with Gasteiger partial charge in [-0.1, -0.05) is 19.3 Å². The number of likely N-dealkylation sites (tertiary alicyclic amines) is 1. The fourth-order valence-corrected chi connectivity index (χ4v) is 3.94. The van der Waals surface area contributed by atoms with Crippen LogP contribution < -0.4 is 10.6 Å². The fraction of sp³-hybridized carbons (Fsp3) is 0.933. The Kier molecular flexibility index (Phi) is 4.08. The number of amides is 1. The van der Waals surface area contributed by atoms with Crippen LogP contribution in [0.5, 0.6) is 0 Å². The van der Waals surface area contributed by atoms with Crippen molar-refractivity contribution in [3.8, 4) is 0 Å². The molecule has 1 aliphatic carbocycles. The van der Waals surface area contributed by atoms with Gasteiger partial charge in [-0.2, -0.15) is 0 Å². The quantitative estimate of drug-likeness (QED) is 0.799. The van der Waals surface area contributed by atoms with Gasteiger partial charge < -0.3 is 10.6 Å². The molecule has 2 heterocycles. The van der Waals surface area contributed by atoms with Gasteiger partial charge in [-0.15, -0.1) is 0 Å². The Bertz CT molecular complexity index is 315. The molecule has 2 N–H and O–H groups in total. The average Bonchev–Trinajstić information content (AvgIpc) is 2.99. The normalized spacial score (nSPS) is 34.2. The van der Waals surface area contributed by atoms with Crippen LogP contribution in [0.2, 0.25) is 0 Å². The van der Waals surface area contributed by atoms with Crippen molar-refractivity contribution in [3.63, 3.8) is 0 Å². The van der Waals surface area contributed by atoms with Crippen molar-refractivity contribution in [2.24, 2.45) is 11.8 Å². The predicted molar refractivity (Wildman–Crippen MR) is 75.9 cm³/mol. The van der Waals surface area contributed by atoms with Crippen LogP contribution >= 0.6 is 0 Å². The Morgan fingerprint density at radius 1 is 1.16 bits per heavy atom. The highest BCUT2D eigenvalue weighted by Gasteiger charge is 2.39. The van der Waals surface area contributed by atoms with E-state index in [1.54, 1.807) is 0 Å². The van der Waals surface area contributed by atoms with E-state index in [1.165, 1.54) is 32.1 Å². The van der Waals surface area contributed by atoms with Crippen molar-refractivity contribution in [1.29, 1.82) is 0 Å². The van der Waals surface area contributed by atoms with Gasteiger partial charge in [-0.3, -0.25) is 9.69 Å². The first-order valence-electron chi connectivity index (χ1n) is 7.99. The molecule has 4 nitrogen and oxygen atoms in total. The summed E-state index contributed by atoms with van der Waals surface area (Å²) in [5.74, 6) is 1.79. The summed E-state index contributed by atoms with van der Waals surface area (Å²) in [6.07, 6.45) is 6.24. The molecule has 0 bridgehead atoms. The molecular formula is C15H27N3O. The molecule has 0 aromatic carbocycles. The number of rotatable bonds is 3. The first kappa shape index (κ1) is 13.4. The summed E-state index contributed by atoms with van der Waals surface area (Å²) in [5, 5.41) is 6.72. The van der Waals surface area contributed by atoms with Gasteiger partial charge in [0, 0.05) is 19.1 Å². The zero-order chi connectivity index (χ0) is 13.2. The van der Waals surface area contributed by atoms with E-state index in [4.69, 9.17) is 0 Å². The van der Waals surface area contributed by atoms with Crippen LogP contribution in [-0.4, -0.2) is 49.1 Å². The first-order chi connectivity index (χ1) is 9.24. The lowest BCUT2D eigenvalue weighted by Crippen LogP contribution is -2.48. The van der Waals surface area contributed by atoms with E-state index in [2.05, 4.69) is 22.5 Å². The molecule has 0 radical (unpaired) electrons. The minimum Gasteiger partial charge on any atom is -0.352 e. The Morgan fingerprint density at radius 2 is 1.79 bits per heavy atom. The second-order valence-corrected chi connectivity index (χ2v) is 6.65. The highest BCUT2D eigenvalue weighted by molar-refractivity contribution is 5.81. The first-order valence-corrected chi connectivity index (χ1v) is 7.99. The standard InChI is InChI=1S/C15H27N3O/c1-11(15(19)17-14-5-3-2-4-6-14)18-9-12-7-16-8-13(12)10-18/h11-14,16H,2-10H2,1H3,(H,17,19). The van der Waals surface area contributed by atoms with Crippen LogP contribution in [0.1, 0.15) is 39.0 Å². The highest BCUT2D eigenvalue weighted by atomic mass is 16.2. The molecule has 3 rings (SSSR count). The third-order valence-corrected chi connectivity index (χ3v) is 5.30. The monoisotopic (exact) mass is 265 g/mol. The molecule has 3 unspecified atom stereocenters. The topological polar surface area (TPSA) is 44.4 Å². The van der Waals surface area contributed by atoms with Crippen molar-refractivity contribution in [2.45, 2.75) is 51.1 Å². The number of nitrogens with one attached hydrogen (secondary N) is 2. The lowest BCUT2D eigenvalue weighted by Gasteiger charge is -2.28. The molecule has 3 atom stereocenters. The van der Waals surface area contributed by atoms with E-state index >= 15 is 0 Å². The number of carbonyl (C=O) groups excluding carboxylic acids is 1. The molecule has 1 saturated carbocycles. The van der Waals surface area contributed by atoms with Crippen molar-refractivity contribution >= 4 is 5.91 Å². The smallest absolute Gasteiger partial charge is 0.237 e. The second-order valence-electron chi connectivity index (χ2n) is 6.65. The van der Waals surface area contributed by atoms with Gasteiger partial charge in [0.2, 0.25) is 5.91 Å². The molecule has 4 heteroatoms. The van der Waals surface area contributed by atoms with E-state index in [0.717, 1.165) is 38.0 Å². The Labute approximate surface area is 116 Å². The van der Waals surface area contributed by atoms with Crippen LogP contribution in [0.15, 0.2) is 0 Å². The van der Waals surface area contributed by atoms with E-state index in [0.29, 0.717) is 6.04 Å². The average molecular weight is 265 g/mol. The maximum Gasteiger partial charge on any atom is 0.237 e. The van der Waals surface area contributed by atoms with E-state index < -0.39 is 0 Å². The summed E-state index contributed by atoms with van der Waals surface area (Å²) < 4.78 is 0. The molecule has 0 spiro atoms. The fourth-order valence-electron chi connectivity index (χ4n) is 3.94. The number of hydrogen-bond donors (Lipinski definition) is 2. The number of fused-ring (bicyclic) bond motifs is 1. The summed E-state index contributed by atoms with van der Waals surface area (Å²) in [6, 6.07) is 0.486. The van der Waals surface area contributed by atoms with Crippen LogP contribution in [0.4, 0.5) is 0 Å². The third kappa shape index (κ3) is 2.95. The van der Waals surface area contributed by atoms with E-state index in [-0.39, 0.29) is 11.9 Å². The maximum absolute atomic E-state index is 12.3. The van der Waals surface area contributed by atoms with E-state index in [9.17, 15) is 4.79 Å². The number of nitrogens with zero attached hydrogens (tertiary/aromatic N) is 1. The van der Waals surface area contributed by atoms with Crippen molar-refractivity contribution in [2.75, 3.05) is 26.2 Å². The summed E-state index contributed by atoms with van der Waals surface area (Å²) in [5.41, 5.74) is 0. The molecule has 0 aromatic rings. The summed E-state index contributed by atoms with van der Waals surface area (Å²) in [4.78, 5) is 14.7. The molecule has 19 heavy (non-hydrogen) atoms. The Balaban J connectivity index is 1.49. The summed E-state index contributed by atoms with van der Waals surface area (Å²) >= 11 is 0. The third-order valence-electron chi connectivity index (χ3n) is 5.30. The zero-order valence-electron chi connectivity index (χ0n) is 12.0. The van der Waals surface area contributed by atoms with Gasteiger partial charge >= 0.3 is 0 Å². The maximum atomic E-state index is 12.3. The minimum atomic E-state index is 0.0486. The number of hydrogen-bond acceptors (Lipinski definition) is 3. The van der Waals surface area contributed by atoms with Gasteiger partial charge in [-0.05, 0) is 44.7 Å². The Hall–Kier alpha value is -0.610. The van der Waals surface area contributed by atoms with Gasteiger partial charge in [0.25, 0.3) is 0 Å². The largest absolute Gasteiger partial charge is 0.352 e. The van der Waals surface area contributed by atoms with Gasteiger partial charge in [0.05, 0.1) is 6.04 Å². The molecule has 0 aromatic heterocycles. The summed E-state index contributed by atoms with van der Waals surface area (Å²) in [7, 11) is 0. The van der Waals surface area contributed by atoms with Crippen LogP contribution in [-0.2, 0) is 4.79 Å². The van der Waals surface area contributed by atoms with Gasteiger partial charge in [0.15, 0.2) is 0 Å². The molecular weight excluding hydrogens is 238 g/mol. The van der Waals surface area contributed by atoms with Gasteiger partial charge in [0.1, 0.15) is 0 Å². The minimum absolute atomic E-state index is 0.0486. The lowest BCUT2D eigenvalue weighted by atomic mass is 9.95. The van der Waals surface area contributed by atoms with E-state index in [1.807, 2.05) is 0 Å². The second kappa shape index (κ2) is 5.80. The molecule has 2 aliphatic heterocycles. The van der Waals surface area contributed by atoms with Crippen LogP contribution in [0.25, 0.3) is 0 Å².